The van der Waals surface area contributed by atoms with E-state index in [0.717, 1.165) is 53.1 Å². The van der Waals surface area contributed by atoms with Crippen LogP contribution < -0.4 is 21.7 Å². The highest BCUT2D eigenvalue weighted by Gasteiger charge is 2.20. The molecule has 1 aliphatic rings. The molecule has 0 atom stereocenters. The van der Waals surface area contributed by atoms with Gasteiger partial charge in [-0.2, -0.15) is 0 Å². The molecule has 3 aromatic carbocycles. The number of aryl methyl sites for hydroxylation is 1. The van der Waals surface area contributed by atoms with Crippen LogP contribution in [0.4, 0.5) is 11.4 Å². The van der Waals surface area contributed by atoms with E-state index < -0.39 is 5.91 Å². The number of nitrogens with two attached hydrogens (primary N) is 2. The van der Waals surface area contributed by atoms with Crippen LogP contribution in [-0.2, 0) is 26.1 Å². The van der Waals surface area contributed by atoms with Gasteiger partial charge >= 0.3 is 0 Å². The van der Waals surface area contributed by atoms with E-state index in [4.69, 9.17) is 16.5 Å². The lowest BCUT2D eigenvalue weighted by Crippen LogP contribution is -2.26. The number of aromatic amines is 1. The van der Waals surface area contributed by atoms with E-state index in [1.165, 1.54) is 11.3 Å². The number of nitrogens with one attached hydrogen (secondary N) is 2. The van der Waals surface area contributed by atoms with Gasteiger partial charge in [0.15, 0.2) is 0 Å². The second kappa shape index (κ2) is 10.3. The van der Waals surface area contributed by atoms with Crippen molar-refractivity contribution in [2.45, 2.75) is 32.5 Å². The molecule has 0 unspecified atom stereocenters. The quantitative estimate of drug-likeness (QED) is 0.290. The number of carbonyl (C=O) groups excluding carboxylic acids is 1. The van der Waals surface area contributed by atoms with Crippen molar-refractivity contribution in [1.29, 1.82) is 0 Å². The van der Waals surface area contributed by atoms with Gasteiger partial charge < -0.3 is 26.7 Å². The standard InChI is InChI=1S/C26H28N6O.BrH/c27-14-20-13-18(26(28)33)10-11-19(20)15-32(16-24-30-21-7-1-2-8-22(21)31-24)23-9-3-5-17-6-4-12-29-25(17)23;/h1-3,5,7-11,13,29H,4,6,12,14-16,27H2,(H2,28,33)(H,30,31);1H. The zero-order chi connectivity index (χ0) is 22.8. The molecular formula is C26H29BrN6O. The molecule has 4 aromatic rings. The van der Waals surface area contributed by atoms with Crippen molar-refractivity contribution in [1.82, 2.24) is 9.97 Å². The van der Waals surface area contributed by atoms with E-state index in [-0.39, 0.29) is 17.0 Å². The third kappa shape index (κ3) is 4.78. The molecule has 1 aliphatic heterocycles. The van der Waals surface area contributed by atoms with Gasteiger partial charge in [0.2, 0.25) is 5.91 Å². The van der Waals surface area contributed by atoms with Crippen molar-refractivity contribution >= 4 is 45.3 Å². The number of nitrogens with zero attached hydrogens (tertiary/aromatic N) is 2. The summed E-state index contributed by atoms with van der Waals surface area (Å²) < 4.78 is 0. The summed E-state index contributed by atoms with van der Waals surface area (Å²) in [6.45, 7) is 2.53. The molecule has 1 aromatic heterocycles. The number of imidazole rings is 1. The first-order chi connectivity index (χ1) is 16.1. The van der Waals surface area contributed by atoms with Crippen LogP contribution in [0.25, 0.3) is 11.0 Å². The topological polar surface area (TPSA) is 113 Å². The number of aromatic nitrogens is 2. The molecule has 0 saturated carbocycles. The molecule has 0 fully saturated rings. The Morgan fingerprint density at radius 1 is 1.03 bits per heavy atom. The summed E-state index contributed by atoms with van der Waals surface area (Å²) >= 11 is 0. The Balaban J connectivity index is 0.00000274. The van der Waals surface area contributed by atoms with Crippen molar-refractivity contribution in [3.63, 3.8) is 0 Å². The molecule has 8 heteroatoms. The van der Waals surface area contributed by atoms with Crippen molar-refractivity contribution < 1.29 is 4.79 Å². The zero-order valence-electron chi connectivity index (χ0n) is 18.9. The highest BCUT2D eigenvalue weighted by atomic mass is 79.9. The fourth-order valence-electron chi connectivity index (χ4n) is 4.57. The number of amides is 1. The Kier molecular flexibility index (Phi) is 7.19. The Bertz CT molecular complexity index is 1280. The first-order valence-corrected chi connectivity index (χ1v) is 11.3. The number of benzene rings is 3. The lowest BCUT2D eigenvalue weighted by Gasteiger charge is -2.30. The highest BCUT2D eigenvalue weighted by Crippen LogP contribution is 2.35. The highest BCUT2D eigenvalue weighted by molar-refractivity contribution is 8.93. The summed E-state index contributed by atoms with van der Waals surface area (Å²) in [5.74, 6) is 0.448. The molecule has 7 nitrogen and oxygen atoms in total. The summed E-state index contributed by atoms with van der Waals surface area (Å²) in [4.78, 5) is 22.2. The SMILES string of the molecule is Br.NCc1cc(C(N)=O)ccc1CN(Cc1nc2ccccc2[nH]1)c1cccc2c1NCCC2. The maximum absolute atomic E-state index is 11.7. The maximum atomic E-state index is 11.7. The molecule has 34 heavy (non-hydrogen) atoms. The third-order valence-electron chi connectivity index (χ3n) is 6.25. The van der Waals surface area contributed by atoms with Gasteiger partial charge in [-0.1, -0.05) is 30.3 Å². The smallest absolute Gasteiger partial charge is 0.248 e. The number of halogens is 1. The molecule has 6 N–H and O–H groups in total. The van der Waals surface area contributed by atoms with Crippen LogP contribution in [-0.4, -0.2) is 22.4 Å². The molecule has 0 aliphatic carbocycles. The number of anilines is 2. The predicted molar refractivity (Wildman–Crippen MR) is 142 cm³/mol. The summed E-state index contributed by atoms with van der Waals surface area (Å²) in [5, 5.41) is 3.60. The van der Waals surface area contributed by atoms with E-state index in [1.54, 1.807) is 12.1 Å². The van der Waals surface area contributed by atoms with Crippen molar-refractivity contribution in [3.05, 3.63) is 88.7 Å². The second-order valence-corrected chi connectivity index (χ2v) is 8.45. The van der Waals surface area contributed by atoms with Crippen LogP contribution in [0.3, 0.4) is 0 Å². The fraction of sp³-hybridized carbons (Fsp3) is 0.231. The fourth-order valence-corrected chi connectivity index (χ4v) is 4.57. The lowest BCUT2D eigenvalue weighted by molar-refractivity contribution is 0.1000. The Morgan fingerprint density at radius 2 is 1.88 bits per heavy atom. The van der Waals surface area contributed by atoms with Crippen molar-refractivity contribution in [2.24, 2.45) is 11.5 Å². The van der Waals surface area contributed by atoms with Crippen LogP contribution in [0.5, 0.6) is 0 Å². The molecule has 1 amide bonds. The Labute approximate surface area is 209 Å². The largest absolute Gasteiger partial charge is 0.383 e. The monoisotopic (exact) mass is 520 g/mol. The Morgan fingerprint density at radius 3 is 2.68 bits per heavy atom. The minimum Gasteiger partial charge on any atom is -0.383 e. The summed E-state index contributed by atoms with van der Waals surface area (Å²) in [5.41, 5.74) is 19.6. The predicted octanol–water partition coefficient (Wildman–Crippen LogP) is 4.26. The minimum absolute atomic E-state index is 0. The first kappa shape index (κ1) is 23.8. The first-order valence-electron chi connectivity index (χ1n) is 11.3. The van der Waals surface area contributed by atoms with Crippen LogP contribution >= 0.6 is 17.0 Å². The summed E-state index contributed by atoms with van der Waals surface area (Å²) in [6.07, 6.45) is 2.20. The molecule has 0 spiro atoms. The maximum Gasteiger partial charge on any atom is 0.248 e. The summed E-state index contributed by atoms with van der Waals surface area (Å²) in [7, 11) is 0. The average Bonchev–Trinajstić information content (AvgIpc) is 3.26. The van der Waals surface area contributed by atoms with Gasteiger partial charge in [0, 0.05) is 25.2 Å². The number of hydrogen-bond donors (Lipinski definition) is 4. The van der Waals surface area contributed by atoms with Crippen LogP contribution in [0, 0.1) is 0 Å². The summed E-state index contributed by atoms with van der Waals surface area (Å²) in [6, 6.07) is 20.0. The van der Waals surface area contributed by atoms with E-state index >= 15 is 0 Å². The third-order valence-corrected chi connectivity index (χ3v) is 6.25. The van der Waals surface area contributed by atoms with Gasteiger partial charge in [-0.15, -0.1) is 17.0 Å². The normalized spacial score (nSPS) is 12.5. The van der Waals surface area contributed by atoms with Gasteiger partial charge in [-0.05, 0) is 59.9 Å². The number of H-pyrrole nitrogens is 1. The van der Waals surface area contributed by atoms with E-state index in [2.05, 4.69) is 33.4 Å². The molecule has 0 saturated heterocycles. The van der Waals surface area contributed by atoms with Crippen molar-refractivity contribution in [3.8, 4) is 0 Å². The van der Waals surface area contributed by atoms with Crippen LogP contribution in [0.2, 0.25) is 0 Å². The van der Waals surface area contributed by atoms with Gasteiger partial charge in [-0.25, -0.2) is 4.98 Å². The number of hydrogen-bond acceptors (Lipinski definition) is 5. The number of rotatable bonds is 7. The average molecular weight is 521 g/mol. The van der Waals surface area contributed by atoms with E-state index in [1.807, 2.05) is 30.3 Å². The number of carbonyl (C=O) groups is 1. The molecular weight excluding hydrogens is 492 g/mol. The van der Waals surface area contributed by atoms with Gasteiger partial charge in [0.25, 0.3) is 0 Å². The minimum atomic E-state index is -0.447. The molecule has 176 valence electrons. The molecule has 0 radical (unpaired) electrons. The zero-order valence-corrected chi connectivity index (χ0v) is 20.6. The second-order valence-electron chi connectivity index (χ2n) is 8.45. The molecule has 5 rings (SSSR count). The van der Waals surface area contributed by atoms with Gasteiger partial charge in [-0.3, -0.25) is 4.79 Å². The van der Waals surface area contributed by atoms with E-state index in [0.29, 0.717) is 25.2 Å². The van der Waals surface area contributed by atoms with Crippen LogP contribution in [0.15, 0.2) is 60.7 Å². The van der Waals surface area contributed by atoms with Crippen LogP contribution in [0.1, 0.15) is 39.3 Å². The van der Waals surface area contributed by atoms with E-state index in [9.17, 15) is 4.79 Å². The molecule has 2 heterocycles. The van der Waals surface area contributed by atoms with Gasteiger partial charge in [0.05, 0.1) is 29.0 Å². The van der Waals surface area contributed by atoms with Crippen molar-refractivity contribution in [2.75, 3.05) is 16.8 Å². The Hall–Kier alpha value is -3.36. The lowest BCUT2D eigenvalue weighted by atomic mass is 10.00. The number of primary amides is 1. The number of para-hydroxylation sites is 3. The number of fused-ring (bicyclic) bond motifs is 2. The molecule has 0 bridgehead atoms. The van der Waals surface area contributed by atoms with Gasteiger partial charge in [0.1, 0.15) is 5.82 Å².